The minimum atomic E-state index is 0.726. The van der Waals surface area contributed by atoms with Crippen molar-refractivity contribution < 1.29 is 0 Å². The summed E-state index contributed by atoms with van der Waals surface area (Å²) in [5.41, 5.74) is 2.71. The van der Waals surface area contributed by atoms with Crippen LogP contribution in [0.3, 0.4) is 0 Å². The van der Waals surface area contributed by atoms with Crippen LogP contribution in [0.2, 0.25) is 0 Å². The van der Waals surface area contributed by atoms with E-state index in [4.69, 9.17) is 0 Å². The van der Waals surface area contributed by atoms with Gasteiger partial charge in [-0.1, -0.05) is 30.3 Å². The SMILES string of the molecule is c1ccc(-c2ncc3[nH]ncc3n2)cc1. The van der Waals surface area contributed by atoms with E-state index in [1.165, 1.54) is 0 Å². The first-order valence-corrected chi connectivity index (χ1v) is 4.65. The lowest BCUT2D eigenvalue weighted by Gasteiger charge is -1.98. The summed E-state index contributed by atoms with van der Waals surface area (Å²) < 4.78 is 0. The fourth-order valence-corrected chi connectivity index (χ4v) is 1.47. The minimum Gasteiger partial charge on any atom is -0.275 e. The maximum atomic E-state index is 4.40. The summed E-state index contributed by atoms with van der Waals surface area (Å²) in [4.78, 5) is 8.67. The van der Waals surface area contributed by atoms with Crippen LogP contribution in [0.5, 0.6) is 0 Å². The molecule has 0 aliphatic rings. The third-order valence-electron chi connectivity index (χ3n) is 2.22. The monoisotopic (exact) mass is 196 g/mol. The molecule has 2 aromatic heterocycles. The van der Waals surface area contributed by atoms with Crippen LogP contribution < -0.4 is 0 Å². The predicted molar refractivity (Wildman–Crippen MR) is 57.1 cm³/mol. The summed E-state index contributed by atoms with van der Waals surface area (Å²) in [7, 11) is 0. The van der Waals surface area contributed by atoms with Crippen LogP contribution >= 0.6 is 0 Å². The van der Waals surface area contributed by atoms with Gasteiger partial charge in [0.15, 0.2) is 5.82 Å². The molecule has 4 heteroatoms. The Morgan fingerprint density at radius 1 is 1.00 bits per heavy atom. The maximum absolute atomic E-state index is 4.40. The van der Waals surface area contributed by atoms with Gasteiger partial charge in [-0.15, -0.1) is 0 Å². The molecule has 2 heterocycles. The van der Waals surface area contributed by atoms with Gasteiger partial charge in [0, 0.05) is 5.56 Å². The second kappa shape index (κ2) is 3.16. The topological polar surface area (TPSA) is 54.5 Å². The van der Waals surface area contributed by atoms with Crippen LogP contribution in [0.1, 0.15) is 0 Å². The minimum absolute atomic E-state index is 0.726. The molecule has 3 rings (SSSR count). The van der Waals surface area contributed by atoms with Crippen LogP contribution in [0.15, 0.2) is 42.7 Å². The highest BCUT2D eigenvalue weighted by Gasteiger charge is 2.02. The molecular formula is C11H8N4. The summed E-state index contributed by atoms with van der Waals surface area (Å²) >= 11 is 0. The van der Waals surface area contributed by atoms with Gasteiger partial charge in [-0.25, -0.2) is 9.97 Å². The van der Waals surface area contributed by atoms with E-state index in [0.29, 0.717) is 0 Å². The number of aromatic nitrogens is 4. The number of benzene rings is 1. The average Bonchev–Trinajstić information content (AvgIpc) is 2.77. The number of fused-ring (bicyclic) bond motifs is 1. The van der Waals surface area contributed by atoms with E-state index < -0.39 is 0 Å². The molecule has 0 aliphatic heterocycles. The molecular weight excluding hydrogens is 188 g/mol. The maximum Gasteiger partial charge on any atom is 0.159 e. The Morgan fingerprint density at radius 2 is 1.87 bits per heavy atom. The van der Waals surface area contributed by atoms with Crippen molar-refractivity contribution in [2.24, 2.45) is 0 Å². The molecule has 4 nitrogen and oxygen atoms in total. The molecule has 0 amide bonds. The molecule has 3 aromatic rings. The highest BCUT2D eigenvalue weighted by atomic mass is 15.1. The molecule has 1 N–H and O–H groups in total. The number of H-pyrrole nitrogens is 1. The zero-order valence-electron chi connectivity index (χ0n) is 7.88. The smallest absolute Gasteiger partial charge is 0.159 e. The predicted octanol–water partition coefficient (Wildman–Crippen LogP) is 2.02. The van der Waals surface area contributed by atoms with Crippen LogP contribution in [-0.2, 0) is 0 Å². The molecule has 0 saturated heterocycles. The number of aromatic amines is 1. The zero-order chi connectivity index (χ0) is 10.1. The molecule has 15 heavy (non-hydrogen) atoms. The molecule has 0 atom stereocenters. The first-order valence-electron chi connectivity index (χ1n) is 4.65. The van der Waals surface area contributed by atoms with Crippen molar-refractivity contribution in [3.8, 4) is 11.4 Å². The molecule has 0 bridgehead atoms. The second-order valence-electron chi connectivity index (χ2n) is 3.23. The van der Waals surface area contributed by atoms with Crippen LogP contribution in [0.25, 0.3) is 22.4 Å². The van der Waals surface area contributed by atoms with E-state index in [-0.39, 0.29) is 0 Å². The zero-order valence-corrected chi connectivity index (χ0v) is 7.88. The molecule has 0 spiro atoms. The van der Waals surface area contributed by atoms with Crippen molar-refractivity contribution >= 4 is 11.0 Å². The van der Waals surface area contributed by atoms with E-state index in [1.54, 1.807) is 12.4 Å². The van der Waals surface area contributed by atoms with Crippen molar-refractivity contribution in [3.05, 3.63) is 42.7 Å². The quantitative estimate of drug-likeness (QED) is 0.647. The Hall–Kier alpha value is -2.23. The van der Waals surface area contributed by atoms with Crippen LogP contribution in [0, 0.1) is 0 Å². The standard InChI is InChI=1S/C11H8N4/c1-2-4-8(5-3-1)11-12-6-10-9(14-11)7-13-15-10/h1-7H,(H,13,15). The van der Waals surface area contributed by atoms with Gasteiger partial charge in [-0.05, 0) is 0 Å². The van der Waals surface area contributed by atoms with Crippen molar-refractivity contribution in [3.63, 3.8) is 0 Å². The first-order chi connectivity index (χ1) is 7.43. The molecule has 1 aromatic carbocycles. The molecule has 0 radical (unpaired) electrons. The lowest BCUT2D eigenvalue weighted by atomic mass is 10.2. The number of hydrogen-bond acceptors (Lipinski definition) is 3. The van der Waals surface area contributed by atoms with Crippen molar-refractivity contribution in [2.75, 3.05) is 0 Å². The lowest BCUT2D eigenvalue weighted by molar-refractivity contribution is 1.11. The van der Waals surface area contributed by atoms with E-state index >= 15 is 0 Å². The van der Waals surface area contributed by atoms with Gasteiger partial charge < -0.3 is 0 Å². The largest absolute Gasteiger partial charge is 0.275 e. The Bertz CT molecular complexity index is 586. The molecule has 0 saturated carbocycles. The van der Waals surface area contributed by atoms with Crippen molar-refractivity contribution in [1.29, 1.82) is 0 Å². The van der Waals surface area contributed by atoms with Gasteiger partial charge in [-0.2, -0.15) is 5.10 Å². The average molecular weight is 196 g/mol. The van der Waals surface area contributed by atoms with Gasteiger partial charge in [0.2, 0.25) is 0 Å². The fourth-order valence-electron chi connectivity index (χ4n) is 1.47. The third-order valence-corrected chi connectivity index (χ3v) is 2.22. The Kier molecular flexibility index (Phi) is 1.71. The van der Waals surface area contributed by atoms with E-state index in [0.717, 1.165) is 22.4 Å². The summed E-state index contributed by atoms with van der Waals surface area (Å²) in [6.45, 7) is 0. The van der Waals surface area contributed by atoms with Gasteiger partial charge in [0.25, 0.3) is 0 Å². The molecule has 0 unspecified atom stereocenters. The number of rotatable bonds is 1. The van der Waals surface area contributed by atoms with Gasteiger partial charge in [0.1, 0.15) is 11.0 Å². The second-order valence-corrected chi connectivity index (χ2v) is 3.23. The number of nitrogens with zero attached hydrogens (tertiary/aromatic N) is 3. The third kappa shape index (κ3) is 1.36. The van der Waals surface area contributed by atoms with E-state index in [1.807, 2.05) is 30.3 Å². The van der Waals surface area contributed by atoms with Gasteiger partial charge in [-0.3, -0.25) is 5.10 Å². The Balaban J connectivity index is 2.19. The highest BCUT2D eigenvalue weighted by Crippen LogP contribution is 2.15. The van der Waals surface area contributed by atoms with Crippen molar-refractivity contribution in [1.82, 2.24) is 20.2 Å². The fraction of sp³-hybridized carbons (Fsp3) is 0. The normalized spacial score (nSPS) is 10.7. The van der Waals surface area contributed by atoms with Gasteiger partial charge in [0.05, 0.1) is 12.4 Å². The molecule has 0 aliphatic carbocycles. The summed E-state index contributed by atoms with van der Waals surface area (Å²) in [5.74, 6) is 0.726. The lowest BCUT2D eigenvalue weighted by Crippen LogP contribution is -1.87. The summed E-state index contributed by atoms with van der Waals surface area (Å²) in [6.07, 6.45) is 3.45. The van der Waals surface area contributed by atoms with E-state index in [9.17, 15) is 0 Å². The van der Waals surface area contributed by atoms with Crippen LogP contribution in [0.4, 0.5) is 0 Å². The number of nitrogens with one attached hydrogen (secondary N) is 1. The Morgan fingerprint density at radius 3 is 2.73 bits per heavy atom. The van der Waals surface area contributed by atoms with Crippen LogP contribution in [-0.4, -0.2) is 20.2 Å². The van der Waals surface area contributed by atoms with Gasteiger partial charge >= 0.3 is 0 Å². The van der Waals surface area contributed by atoms with E-state index in [2.05, 4.69) is 20.2 Å². The highest BCUT2D eigenvalue weighted by molar-refractivity contribution is 5.74. The summed E-state index contributed by atoms with van der Waals surface area (Å²) in [5, 5.41) is 6.73. The first kappa shape index (κ1) is 8.11. The summed E-state index contributed by atoms with van der Waals surface area (Å²) in [6, 6.07) is 9.89. The molecule has 72 valence electrons. The number of hydrogen-bond donors (Lipinski definition) is 1. The Labute approximate surface area is 86.0 Å². The molecule has 0 fully saturated rings. The van der Waals surface area contributed by atoms with Crippen molar-refractivity contribution in [2.45, 2.75) is 0 Å².